The maximum Gasteiger partial charge on any atom is 0.306 e. The summed E-state index contributed by atoms with van der Waals surface area (Å²) in [7, 11) is 0. The van der Waals surface area contributed by atoms with Crippen LogP contribution < -0.4 is 0 Å². The van der Waals surface area contributed by atoms with Crippen LogP contribution >= 0.6 is 0 Å². The lowest BCUT2D eigenvalue weighted by Gasteiger charge is -2.26. The van der Waals surface area contributed by atoms with E-state index in [4.69, 9.17) is 5.11 Å². The molecule has 0 radical (unpaired) electrons. The first-order valence-corrected chi connectivity index (χ1v) is 6.05. The van der Waals surface area contributed by atoms with Crippen molar-refractivity contribution < 1.29 is 15.0 Å². The van der Waals surface area contributed by atoms with E-state index >= 15 is 0 Å². The molecule has 0 amide bonds. The zero-order valence-corrected chi connectivity index (χ0v) is 10.4. The van der Waals surface area contributed by atoms with Crippen molar-refractivity contribution in [1.82, 2.24) is 0 Å². The van der Waals surface area contributed by atoms with Crippen LogP contribution in [-0.2, 0) is 16.8 Å². The van der Waals surface area contributed by atoms with E-state index in [0.29, 0.717) is 12.0 Å². The molecule has 2 N–H and O–H groups in total. The number of hydrogen-bond donors (Lipinski definition) is 2. The van der Waals surface area contributed by atoms with Crippen LogP contribution in [0, 0.1) is 0 Å². The lowest BCUT2D eigenvalue weighted by molar-refractivity contribution is -0.143. The van der Waals surface area contributed by atoms with Crippen LogP contribution in [-0.4, -0.2) is 16.2 Å². The lowest BCUT2D eigenvalue weighted by Crippen LogP contribution is -2.28. The number of carboxylic acid groups (broad SMARTS) is 1. The molecule has 0 aliphatic rings. The van der Waals surface area contributed by atoms with E-state index in [2.05, 4.69) is 6.92 Å². The number of rotatable bonds is 6. The Morgan fingerprint density at radius 3 is 2.24 bits per heavy atom. The number of aryl methyl sites for hydroxylation is 1. The molecule has 0 aliphatic carbocycles. The largest absolute Gasteiger partial charge is 0.481 e. The van der Waals surface area contributed by atoms with Gasteiger partial charge in [-0.1, -0.05) is 44.5 Å². The molecular weight excluding hydrogens is 216 g/mol. The SMILES string of the molecule is CCCC(O)(CC(=O)O)c1ccc(CC)cc1. The van der Waals surface area contributed by atoms with Crippen molar-refractivity contribution in [3.05, 3.63) is 35.4 Å². The smallest absolute Gasteiger partial charge is 0.306 e. The monoisotopic (exact) mass is 236 g/mol. The Hall–Kier alpha value is -1.35. The van der Waals surface area contributed by atoms with Crippen LogP contribution in [0.2, 0.25) is 0 Å². The molecule has 1 atom stereocenters. The van der Waals surface area contributed by atoms with E-state index in [9.17, 15) is 9.90 Å². The minimum Gasteiger partial charge on any atom is -0.481 e. The van der Waals surface area contributed by atoms with E-state index in [1.807, 2.05) is 31.2 Å². The van der Waals surface area contributed by atoms with Gasteiger partial charge >= 0.3 is 5.97 Å². The first-order chi connectivity index (χ1) is 8.01. The minimum atomic E-state index is -1.24. The fourth-order valence-electron chi connectivity index (χ4n) is 2.05. The van der Waals surface area contributed by atoms with Crippen molar-refractivity contribution in [2.24, 2.45) is 0 Å². The Morgan fingerprint density at radius 1 is 1.24 bits per heavy atom. The predicted molar refractivity (Wildman–Crippen MR) is 66.9 cm³/mol. The summed E-state index contributed by atoms with van der Waals surface area (Å²) >= 11 is 0. The van der Waals surface area contributed by atoms with Crippen LogP contribution in [0.1, 0.15) is 44.2 Å². The quantitative estimate of drug-likeness (QED) is 0.798. The number of aliphatic carboxylic acids is 1. The summed E-state index contributed by atoms with van der Waals surface area (Å²) in [6.45, 7) is 4.00. The number of aliphatic hydroxyl groups is 1. The van der Waals surface area contributed by atoms with Crippen molar-refractivity contribution in [3.8, 4) is 0 Å². The highest BCUT2D eigenvalue weighted by Gasteiger charge is 2.31. The van der Waals surface area contributed by atoms with Gasteiger partial charge < -0.3 is 10.2 Å². The summed E-state index contributed by atoms with van der Waals surface area (Å²) in [5.41, 5.74) is 0.634. The Kier molecular flexibility index (Phi) is 4.70. The average molecular weight is 236 g/mol. The van der Waals surface area contributed by atoms with E-state index in [0.717, 1.165) is 12.8 Å². The molecule has 3 heteroatoms. The molecule has 17 heavy (non-hydrogen) atoms. The predicted octanol–water partition coefficient (Wildman–Crippen LogP) is 2.71. The van der Waals surface area contributed by atoms with Gasteiger partial charge in [0.15, 0.2) is 0 Å². The highest BCUT2D eigenvalue weighted by atomic mass is 16.4. The second-order valence-electron chi connectivity index (χ2n) is 4.40. The van der Waals surface area contributed by atoms with Gasteiger partial charge in [-0.25, -0.2) is 0 Å². The Balaban J connectivity index is 2.99. The van der Waals surface area contributed by atoms with Gasteiger partial charge in [0, 0.05) is 0 Å². The molecule has 0 fully saturated rings. The molecule has 1 aromatic rings. The van der Waals surface area contributed by atoms with Crippen molar-refractivity contribution in [2.45, 2.75) is 45.1 Å². The highest BCUT2D eigenvalue weighted by molar-refractivity contribution is 5.68. The zero-order valence-electron chi connectivity index (χ0n) is 10.4. The van der Waals surface area contributed by atoms with E-state index < -0.39 is 11.6 Å². The van der Waals surface area contributed by atoms with Gasteiger partial charge in [-0.3, -0.25) is 4.79 Å². The van der Waals surface area contributed by atoms with Gasteiger partial charge in [0.1, 0.15) is 5.60 Å². The second-order valence-corrected chi connectivity index (χ2v) is 4.40. The maximum absolute atomic E-state index is 10.8. The fraction of sp³-hybridized carbons (Fsp3) is 0.500. The standard InChI is InChI=1S/C14H20O3/c1-3-9-14(17,10-13(15)16)12-7-5-11(4-2)6-8-12/h5-8,17H,3-4,9-10H2,1-2H3,(H,15,16). The maximum atomic E-state index is 10.8. The zero-order chi connectivity index (χ0) is 12.9. The molecule has 0 spiro atoms. The van der Waals surface area contributed by atoms with Crippen molar-refractivity contribution >= 4 is 5.97 Å². The molecule has 1 unspecified atom stereocenters. The molecule has 1 aromatic carbocycles. The first kappa shape index (κ1) is 13.7. The summed E-state index contributed by atoms with van der Waals surface area (Å²) in [4.78, 5) is 10.8. The Bertz CT molecular complexity index is 370. The number of benzene rings is 1. The van der Waals surface area contributed by atoms with E-state index in [1.165, 1.54) is 5.56 Å². The van der Waals surface area contributed by atoms with Crippen molar-refractivity contribution in [3.63, 3.8) is 0 Å². The molecular formula is C14H20O3. The first-order valence-electron chi connectivity index (χ1n) is 6.05. The van der Waals surface area contributed by atoms with Crippen LogP contribution in [0.25, 0.3) is 0 Å². The molecule has 0 aliphatic heterocycles. The molecule has 0 saturated heterocycles. The van der Waals surface area contributed by atoms with Gasteiger partial charge in [0.25, 0.3) is 0 Å². The van der Waals surface area contributed by atoms with Crippen LogP contribution in [0.15, 0.2) is 24.3 Å². The molecule has 3 nitrogen and oxygen atoms in total. The summed E-state index contributed by atoms with van der Waals surface area (Å²) in [5, 5.41) is 19.3. The third kappa shape index (κ3) is 3.56. The van der Waals surface area contributed by atoms with E-state index in [1.54, 1.807) is 0 Å². The fourth-order valence-corrected chi connectivity index (χ4v) is 2.05. The third-order valence-corrected chi connectivity index (χ3v) is 3.01. The highest BCUT2D eigenvalue weighted by Crippen LogP contribution is 2.30. The van der Waals surface area contributed by atoms with Crippen molar-refractivity contribution in [2.75, 3.05) is 0 Å². The molecule has 94 valence electrons. The summed E-state index contributed by atoms with van der Waals surface area (Å²) in [6.07, 6.45) is 1.90. The topological polar surface area (TPSA) is 57.5 Å². The Labute approximate surface area is 102 Å². The number of carboxylic acids is 1. The second kappa shape index (κ2) is 5.82. The molecule has 0 heterocycles. The van der Waals surface area contributed by atoms with Crippen LogP contribution in [0.5, 0.6) is 0 Å². The molecule has 1 rings (SSSR count). The molecule has 0 bridgehead atoms. The van der Waals surface area contributed by atoms with Gasteiger partial charge in [0.05, 0.1) is 6.42 Å². The summed E-state index contributed by atoms with van der Waals surface area (Å²) < 4.78 is 0. The summed E-state index contributed by atoms with van der Waals surface area (Å²) in [5.74, 6) is -0.972. The van der Waals surface area contributed by atoms with Crippen LogP contribution in [0.3, 0.4) is 0 Å². The van der Waals surface area contributed by atoms with Gasteiger partial charge in [-0.15, -0.1) is 0 Å². The third-order valence-electron chi connectivity index (χ3n) is 3.01. The van der Waals surface area contributed by atoms with Crippen molar-refractivity contribution in [1.29, 1.82) is 0 Å². The molecule has 0 aromatic heterocycles. The number of carbonyl (C=O) groups is 1. The Morgan fingerprint density at radius 2 is 1.82 bits per heavy atom. The van der Waals surface area contributed by atoms with Gasteiger partial charge in [-0.05, 0) is 24.0 Å². The van der Waals surface area contributed by atoms with Gasteiger partial charge in [0.2, 0.25) is 0 Å². The summed E-state index contributed by atoms with van der Waals surface area (Å²) in [6, 6.07) is 7.55. The lowest BCUT2D eigenvalue weighted by atomic mass is 9.86. The molecule has 0 saturated carbocycles. The van der Waals surface area contributed by atoms with E-state index in [-0.39, 0.29) is 6.42 Å². The normalized spacial score (nSPS) is 14.3. The minimum absolute atomic E-state index is 0.244. The van der Waals surface area contributed by atoms with Crippen LogP contribution in [0.4, 0.5) is 0 Å². The number of hydrogen-bond acceptors (Lipinski definition) is 2. The van der Waals surface area contributed by atoms with Gasteiger partial charge in [-0.2, -0.15) is 0 Å². The average Bonchev–Trinajstić information content (AvgIpc) is 2.28.